The number of amides is 2. The molecule has 2 N–H and O–H groups in total. The lowest BCUT2D eigenvalue weighted by Gasteiger charge is -2.07. The van der Waals surface area contributed by atoms with Crippen molar-refractivity contribution in [1.29, 1.82) is 0 Å². The van der Waals surface area contributed by atoms with Crippen LogP contribution in [0.15, 0.2) is 0 Å². The first kappa shape index (κ1) is 11.9. The molecule has 0 heterocycles. The summed E-state index contributed by atoms with van der Waals surface area (Å²) in [6.45, 7) is 6.36. The first-order valence-corrected chi connectivity index (χ1v) is 4.62. The molecule has 0 aromatic carbocycles. The number of Topliss-reactive ketones (excluding diaryl/α,β-unsaturated/α-hetero) is 1. The summed E-state index contributed by atoms with van der Waals surface area (Å²) in [5, 5.41) is 5.12. The summed E-state index contributed by atoms with van der Waals surface area (Å²) in [6, 6.07) is -0.268. The van der Waals surface area contributed by atoms with E-state index in [1.165, 1.54) is 0 Å². The zero-order valence-electron chi connectivity index (χ0n) is 8.52. The molecule has 4 nitrogen and oxygen atoms in total. The third kappa shape index (κ3) is 6.13. The van der Waals surface area contributed by atoms with Crippen molar-refractivity contribution < 1.29 is 9.59 Å². The number of ketones is 1. The van der Waals surface area contributed by atoms with Crippen LogP contribution in [0.1, 0.15) is 27.2 Å². The van der Waals surface area contributed by atoms with Crippen LogP contribution in [0.5, 0.6) is 0 Å². The fraction of sp³-hybridized carbons (Fsp3) is 0.778. The molecule has 0 bridgehead atoms. The van der Waals surface area contributed by atoms with E-state index in [0.29, 0.717) is 6.54 Å². The Morgan fingerprint density at radius 2 is 1.85 bits per heavy atom. The van der Waals surface area contributed by atoms with Crippen molar-refractivity contribution in [2.45, 2.75) is 27.2 Å². The molecule has 0 radical (unpaired) electrons. The maximum Gasteiger partial charge on any atom is 0.315 e. The minimum absolute atomic E-state index is 0.0218. The molecular formula is C9H18N2O2. The van der Waals surface area contributed by atoms with E-state index in [1.807, 2.05) is 20.8 Å². The van der Waals surface area contributed by atoms with Gasteiger partial charge in [-0.2, -0.15) is 0 Å². The Kier molecular flexibility index (Phi) is 5.93. The lowest BCUT2D eigenvalue weighted by molar-refractivity contribution is -0.120. The van der Waals surface area contributed by atoms with Crippen molar-refractivity contribution in [3.8, 4) is 0 Å². The average Bonchev–Trinajstić information content (AvgIpc) is 2.10. The maximum absolute atomic E-state index is 11.1. The van der Waals surface area contributed by atoms with Gasteiger partial charge in [0, 0.05) is 12.5 Å². The predicted octanol–water partition coefficient (Wildman–Crippen LogP) is 0.921. The van der Waals surface area contributed by atoms with Crippen molar-refractivity contribution in [2.24, 2.45) is 5.92 Å². The van der Waals surface area contributed by atoms with Gasteiger partial charge in [-0.05, 0) is 6.42 Å². The van der Waals surface area contributed by atoms with Crippen molar-refractivity contribution in [3.63, 3.8) is 0 Å². The molecule has 0 aromatic rings. The van der Waals surface area contributed by atoms with Gasteiger partial charge in [-0.25, -0.2) is 4.79 Å². The number of hydrogen-bond acceptors (Lipinski definition) is 2. The highest BCUT2D eigenvalue weighted by atomic mass is 16.2. The van der Waals surface area contributed by atoms with Crippen LogP contribution in [0.2, 0.25) is 0 Å². The van der Waals surface area contributed by atoms with Crippen LogP contribution >= 0.6 is 0 Å². The highest BCUT2D eigenvalue weighted by molar-refractivity contribution is 5.86. The summed E-state index contributed by atoms with van der Waals surface area (Å²) in [7, 11) is 0. The average molecular weight is 186 g/mol. The van der Waals surface area contributed by atoms with Crippen LogP contribution < -0.4 is 10.6 Å². The summed E-state index contributed by atoms with van der Waals surface area (Å²) >= 11 is 0. The third-order valence-electron chi connectivity index (χ3n) is 1.60. The molecule has 76 valence electrons. The number of rotatable bonds is 5. The van der Waals surface area contributed by atoms with Gasteiger partial charge in [0.15, 0.2) is 5.78 Å². The molecule has 0 aliphatic rings. The normalized spacial score (nSPS) is 9.85. The van der Waals surface area contributed by atoms with Crippen LogP contribution in [-0.4, -0.2) is 24.9 Å². The zero-order valence-corrected chi connectivity index (χ0v) is 8.52. The first-order valence-electron chi connectivity index (χ1n) is 4.62. The third-order valence-corrected chi connectivity index (χ3v) is 1.60. The number of carbonyl (C=O) groups is 2. The van der Waals surface area contributed by atoms with Crippen molar-refractivity contribution in [1.82, 2.24) is 10.6 Å². The smallest absolute Gasteiger partial charge is 0.315 e. The van der Waals surface area contributed by atoms with E-state index in [9.17, 15) is 9.59 Å². The van der Waals surface area contributed by atoms with E-state index in [1.54, 1.807) is 0 Å². The van der Waals surface area contributed by atoms with Crippen LogP contribution in [0.25, 0.3) is 0 Å². The fourth-order valence-corrected chi connectivity index (χ4v) is 0.673. The number of urea groups is 1. The highest BCUT2D eigenvalue weighted by Gasteiger charge is 2.07. The number of hydrogen-bond donors (Lipinski definition) is 2. The van der Waals surface area contributed by atoms with Crippen LogP contribution in [0.3, 0.4) is 0 Å². The molecule has 0 aliphatic heterocycles. The summed E-state index contributed by atoms with van der Waals surface area (Å²) in [5.74, 6) is 0.0260. The SMILES string of the molecule is CCCNC(=O)NCC(=O)C(C)C. The molecule has 13 heavy (non-hydrogen) atoms. The highest BCUT2D eigenvalue weighted by Crippen LogP contribution is 1.91. The standard InChI is InChI=1S/C9H18N2O2/c1-4-5-10-9(13)11-6-8(12)7(2)3/h7H,4-6H2,1-3H3,(H2,10,11,13). The largest absolute Gasteiger partial charge is 0.338 e. The monoisotopic (exact) mass is 186 g/mol. The van der Waals surface area contributed by atoms with Gasteiger partial charge in [-0.1, -0.05) is 20.8 Å². The van der Waals surface area contributed by atoms with Crippen LogP contribution in [0, 0.1) is 5.92 Å². The second kappa shape index (κ2) is 6.46. The van der Waals surface area contributed by atoms with Crippen molar-refractivity contribution in [3.05, 3.63) is 0 Å². The molecular weight excluding hydrogens is 168 g/mol. The van der Waals surface area contributed by atoms with Gasteiger partial charge in [0.2, 0.25) is 0 Å². The van der Waals surface area contributed by atoms with Crippen LogP contribution in [0.4, 0.5) is 4.79 Å². The summed E-state index contributed by atoms with van der Waals surface area (Å²) in [5.41, 5.74) is 0. The van der Waals surface area contributed by atoms with E-state index < -0.39 is 0 Å². The zero-order chi connectivity index (χ0) is 10.3. The van der Waals surface area contributed by atoms with E-state index in [4.69, 9.17) is 0 Å². The number of carbonyl (C=O) groups excluding carboxylic acids is 2. The Bertz CT molecular complexity index is 178. The topological polar surface area (TPSA) is 58.2 Å². The molecule has 0 atom stereocenters. The minimum Gasteiger partial charge on any atom is -0.338 e. The summed E-state index contributed by atoms with van der Waals surface area (Å²) in [6.07, 6.45) is 0.894. The molecule has 0 fully saturated rings. The van der Waals surface area contributed by atoms with E-state index in [2.05, 4.69) is 10.6 Å². The van der Waals surface area contributed by atoms with E-state index in [-0.39, 0.29) is 24.3 Å². The summed E-state index contributed by atoms with van der Waals surface area (Å²) < 4.78 is 0. The Morgan fingerprint density at radius 1 is 1.23 bits per heavy atom. The number of nitrogens with one attached hydrogen (secondary N) is 2. The van der Waals surface area contributed by atoms with Gasteiger partial charge in [-0.3, -0.25) is 4.79 Å². The minimum atomic E-state index is -0.268. The molecule has 0 saturated carbocycles. The Morgan fingerprint density at radius 3 is 2.31 bits per heavy atom. The lowest BCUT2D eigenvalue weighted by Crippen LogP contribution is -2.39. The summed E-state index contributed by atoms with van der Waals surface area (Å²) in [4.78, 5) is 22.0. The van der Waals surface area contributed by atoms with E-state index in [0.717, 1.165) is 6.42 Å². The molecule has 0 saturated heterocycles. The van der Waals surface area contributed by atoms with Gasteiger partial charge < -0.3 is 10.6 Å². The second-order valence-electron chi connectivity index (χ2n) is 3.23. The van der Waals surface area contributed by atoms with Gasteiger partial charge in [-0.15, -0.1) is 0 Å². The molecule has 2 amide bonds. The first-order chi connectivity index (χ1) is 6.07. The molecule has 0 unspecified atom stereocenters. The predicted molar refractivity (Wildman–Crippen MR) is 51.5 cm³/mol. The van der Waals surface area contributed by atoms with Gasteiger partial charge in [0.05, 0.1) is 6.54 Å². The molecule has 4 heteroatoms. The van der Waals surface area contributed by atoms with Crippen molar-refractivity contribution >= 4 is 11.8 Å². The van der Waals surface area contributed by atoms with Gasteiger partial charge in [0.1, 0.15) is 0 Å². The second-order valence-corrected chi connectivity index (χ2v) is 3.23. The maximum atomic E-state index is 11.1. The lowest BCUT2D eigenvalue weighted by atomic mass is 10.1. The van der Waals surface area contributed by atoms with E-state index >= 15 is 0 Å². The molecule has 0 spiro atoms. The molecule has 0 aromatic heterocycles. The molecule has 0 aliphatic carbocycles. The Balaban J connectivity index is 3.52. The van der Waals surface area contributed by atoms with Gasteiger partial charge in [0.25, 0.3) is 0 Å². The molecule has 0 rings (SSSR count). The van der Waals surface area contributed by atoms with Gasteiger partial charge >= 0.3 is 6.03 Å². The van der Waals surface area contributed by atoms with Crippen molar-refractivity contribution in [2.75, 3.05) is 13.1 Å². The quantitative estimate of drug-likeness (QED) is 0.670. The Labute approximate surface area is 79.1 Å². The fourth-order valence-electron chi connectivity index (χ4n) is 0.673. The van der Waals surface area contributed by atoms with Crippen LogP contribution in [-0.2, 0) is 4.79 Å². The Hall–Kier alpha value is -1.06.